The van der Waals surface area contributed by atoms with Crippen molar-refractivity contribution in [3.05, 3.63) is 0 Å². The molecule has 2 nitrogen and oxygen atoms in total. The molecule has 1 aliphatic heterocycles. The largest absolute Gasteiger partial charge is 0.298 e. The Labute approximate surface area is 76.1 Å². The summed E-state index contributed by atoms with van der Waals surface area (Å²) in [6.07, 6.45) is 3.87. The van der Waals surface area contributed by atoms with E-state index in [-0.39, 0.29) is 5.66 Å². The second-order valence-electron chi connectivity index (χ2n) is 4.08. The molecule has 0 saturated carbocycles. The number of hydrogen-bond acceptors (Lipinski definition) is 2. The summed E-state index contributed by atoms with van der Waals surface area (Å²) in [7, 11) is 0. The van der Waals surface area contributed by atoms with Crippen LogP contribution in [0, 0.1) is 5.92 Å². The molecule has 2 N–H and O–H groups in total. The van der Waals surface area contributed by atoms with Crippen LogP contribution >= 0.6 is 0 Å². The molecule has 1 saturated heterocycles. The fraction of sp³-hybridized carbons (Fsp3) is 1.00. The summed E-state index contributed by atoms with van der Waals surface area (Å²) in [5.41, 5.74) is 0.246. The van der Waals surface area contributed by atoms with Crippen molar-refractivity contribution in [2.24, 2.45) is 5.92 Å². The zero-order chi connectivity index (χ0) is 9.03. The monoisotopic (exact) mass is 170 g/mol. The Morgan fingerprint density at radius 1 is 1.25 bits per heavy atom. The molecular formula is C10H22N2. The van der Waals surface area contributed by atoms with Crippen LogP contribution < -0.4 is 10.6 Å². The van der Waals surface area contributed by atoms with Gasteiger partial charge in [-0.1, -0.05) is 33.6 Å². The van der Waals surface area contributed by atoms with E-state index in [1.54, 1.807) is 0 Å². The van der Waals surface area contributed by atoms with E-state index in [0.717, 1.165) is 13.1 Å². The van der Waals surface area contributed by atoms with Gasteiger partial charge in [0.1, 0.15) is 0 Å². The highest BCUT2D eigenvalue weighted by Crippen LogP contribution is 2.22. The van der Waals surface area contributed by atoms with E-state index < -0.39 is 0 Å². The van der Waals surface area contributed by atoms with E-state index in [9.17, 15) is 0 Å². The first-order chi connectivity index (χ1) is 5.71. The fourth-order valence-corrected chi connectivity index (χ4v) is 1.96. The molecule has 1 heterocycles. The molecule has 0 bridgehead atoms. The summed E-state index contributed by atoms with van der Waals surface area (Å²) in [4.78, 5) is 0. The van der Waals surface area contributed by atoms with Crippen LogP contribution in [0.5, 0.6) is 0 Å². The third kappa shape index (κ3) is 1.99. The smallest absolute Gasteiger partial charge is 0.0711 e. The maximum Gasteiger partial charge on any atom is 0.0711 e. The van der Waals surface area contributed by atoms with Crippen molar-refractivity contribution in [2.45, 2.75) is 45.7 Å². The summed E-state index contributed by atoms with van der Waals surface area (Å²) in [6, 6.07) is 0. The Bertz CT molecular complexity index is 126. The molecule has 1 rings (SSSR count). The molecule has 0 unspecified atom stereocenters. The molecule has 0 atom stereocenters. The van der Waals surface area contributed by atoms with Gasteiger partial charge in [-0.25, -0.2) is 0 Å². The van der Waals surface area contributed by atoms with Gasteiger partial charge in [0.15, 0.2) is 0 Å². The lowest BCUT2D eigenvalue weighted by atomic mass is 9.91. The van der Waals surface area contributed by atoms with Crippen LogP contribution in [-0.4, -0.2) is 18.8 Å². The van der Waals surface area contributed by atoms with Gasteiger partial charge in [0.25, 0.3) is 0 Å². The maximum atomic E-state index is 3.59. The summed E-state index contributed by atoms with van der Waals surface area (Å²) in [5.74, 6) is 0.687. The quantitative estimate of drug-likeness (QED) is 0.671. The molecule has 0 spiro atoms. The van der Waals surface area contributed by atoms with Crippen LogP contribution in [0.2, 0.25) is 0 Å². The molecule has 72 valence electrons. The summed E-state index contributed by atoms with van der Waals surface area (Å²) >= 11 is 0. The maximum absolute atomic E-state index is 3.59. The van der Waals surface area contributed by atoms with Gasteiger partial charge in [0.2, 0.25) is 0 Å². The Kier molecular flexibility index (Phi) is 3.53. The molecule has 12 heavy (non-hydrogen) atoms. The summed E-state index contributed by atoms with van der Waals surface area (Å²) < 4.78 is 0. The molecule has 0 amide bonds. The lowest BCUT2D eigenvalue weighted by molar-refractivity contribution is 0.215. The second-order valence-corrected chi connectivity index (χ2v) is 4.08. The van der Waals surface area contributed by atoms with Crippen molar-refractivity contribution >= 4 is 0 Å². The van der Waals surface area contributed by atoms with Gasteiger partial charge < -0.3 is 0 Å². The fourth-order valence-electron chi connectivity index (χ4n) is 1.96. The molecular weight excluding hydrogens is 148 g/mol. The molecule has 2 heteroatoms. The highest BCUT2D eigenvalue weighted by atomic mass is 15.3. The minimum Gasteiger partial charge on any atom is -0.298 e. The first-order valence-electron chi connectivity index (χ1n) is 5.21. The predicted molar refractivity (Wildman–Crippen MR) is 53.1 cm³/mol. The Morgan fingerprint density at radius 3 is 2.25 bits per heavy atom. The number of unbranched alkanes of at least 4 members (excludes halogenated alkanes) is 1. The minimum absolute atomic E-state index is 0.246. The van der Waals surface area contributed by atoms with Gasteiger partial charge in [-0.2, -0.15) is 0 Å². The van der Waals surface area contributed by atoms with E-state index in [0.29, 0.717) is 5.92 Å². The number of hydrogen-bond donors (Lipinski definition) is 2. The third-order valence-electron chi connectivity index (χ3n) is 2.92. The van der Waals surface area contributed by atoms with Gasteiger partial charge in [-0.3, -0.25) is 10.6 Å². The molecule has 0 aliphatic carbocycles. The van der Waals surface area contributed by atoms with E-state index in [1.807, 2.05) is 0 Å². The molecule has 1 aliphatic rings. The van der Waals surface area contributed by atoms with Gasteiger partial charge in [-0.05, 0) is 12.3 Å². The Hall–Kier alpha value is -0.0800. The zero-order valence-corrected chi connectivity index (χ0v) is 8.61. The van der Waals surface area contributed by atoms with Crippen molar-refractivity contribution in [1.29, 1.82) is 0 Å². The SMILES string of the molecule is CCCCC1(C(C)C)NCCN1. The normalized spacial score (nSPS) is 22.0. The number of rotatable bonds is 4. The van der Waals surface area contributed by atoms with Crippen molar-refractivity contribution in [1.82, 2.24) is 10.6 Å². The topological polar surface area (TPSA) is 24.1 Å². The minimum atomic E-state index is 0.246. The summed E-state index contributed by atoms with van der Waals surface area (Å²) in [5, 5.41) is 7.19. The first kappa shape index (κ1) is 10.0. The summed E-state index contributed by atoms with van der Waals surface area (Å²) in [6.45, 7) is 9.09. The molecule has 0 aromatic rings. The third-order valence-corrected chi connectivity index (χ3v) is 2.92. The standard InChI is InChI=1S/C10H22N2/c1-4-5-6-10(9(2)3)11-7-8-12-10/h9,11-12H,4-8H2,1-3H3. The molecule has 1 fully saturated rings. The Balaban J connectivity index is 2.47. The first-order valence-corrected chi connectivity index (χ1v) is 5.21. The molecule has 0 aromatic carbocycles. The van der Waals surface area contributed by atoms with Gasteiger partial charge in [0, 0.05) is 13.1 Å². The van der Waals surface area contributed by atoms with Crippen molar-refractivity contribution in [2.75, 3.05) is 13.1 Å². The highest BCUT2D eigenvalue weighted by Gasteiger charge is 2.34. The van der Waals surface area contributed by atoms with Crippen LogP contribution in [-0.2, 0) is 0 Å². The van der Waals surface area contributed by atoms with Crippen LogP contribution in [0.15, 0.2) is 0 Å². The van der Waals surface area contributed by atoms with E-state index in [1.165, 1.54) is 19.3 Å². The van der Waals surface area contributed by atoms with Gasteiger partial charge in [-0.15, -0.1) is 0 Å². The van der Waals surface area contributed by atoms with Crippen molar-refractivity contribution in [3.8, 4) is 0 Å². The van der Waals surface area contributed by atoms with Crippen molar-refractivity contribution < 1.29 is 0 Å². The van der Waals surface area contributed by atoms with Crippen LogP contribution in [0.4, 0.5) is 0 Å². The van der Waals surface area contributed by atoms with Gasteiger partial charge >= 0.3 is 0 Å². The zero-order valence-electron chi connectivity index (χ0n) is 8.61. The van der Waals surface area contributed by atoms with E-state index in [2.05, 4.69) is 31.4 Å². The van der Waals surface area contributed by atoms with Crippen LogP contribution in [0.3, 0.4) is 0 Å². The van der Waals surface area contributed by atoms with E-state index in [4.69, 9.17) is 0 Å². The Morgan fingerprint density at radius 2 is 1.83 bits per heavy atom. The number of nitrogens with one attached hydrogen (secondary N) is 2. The lowest BCUT2D eigenvalue weighted by Gasteiger charge is -2.34. The highest BCUT2D eigenvalue weighted by molar-refractivity contribution is 4.93. The van der Waals surface area contributed by atoms with Crippen LogP contribution in [0.25, 0.3) is 0 Å². The average Bonchev–Trinajstić information content (AvgIpc) is 2.50. The second kappa shape index (κ2) is 4.24. The van der Waals surface area contributed by atoms with Crippen molar-refractivity contribution in [3.63, 3.8) is 0 Å². The molecule has 0 aromatic heterocycles. The molecule has 0 radical (unpaired) electrons. The average molecular weight is 170 g/mol. The van der Waals surface area contributed by atoms with E-state index >= 15 is 0 Å². The van der Waals surface area contributed by atoms with Crippen LogP contribution in [0.1, 0.15) is 40.0 Å². The predicted octanol–water partition coefficient (Wildman–Crippen LogP) is 1.72. The lowest BCUT2D eigenvalue weighted by Crippen LogP contribution is -2.53. The van der Waals surface area contributed by atoms with Gasteiger partial charge in [0.05, 0.1) is 5.66 Å².